The van der Waals surface area contributed by atoms with Gasteiger partial charge in [0.15, 0.2) is 0 Å². The zero-order chi connectivity index (χ0) is 13.7. The number of hydrogen-bond acceptors (Lipinski definition) is 4. The summed E-state index contributed by atoms with van der Waals surface area (Å²) in [5.74, 6) is 0.856. The molecule has 0 spiro atoms. The van der Waals surface area contributed by atoms with E-state index in [0.717, 1.165) is 50.3 Å². The number of carboxylic acids is 1. The summed E-state index contributed by atoms with van der Waals surface area (Å²) in [6.45, 7) is 4.01. The molecule has 1 aromatic rings. The van der Waals surface area contributed by atoms with Crippen molar-refractivity contribution in [3.8, 4) is 0 Å². The summed E-state index contributed by atoms with van der Waals surface area (Å²) in [6, 6.07) is 2.05. The monoisotopic (exact) mass is 263 g/mol. The van der Waals surface area contributed by atoms with E-state index < -0.39 is 5.97 Å². The second kappa shape index (κ2) is 6.50. The Morgan fingerprint density at radius 2 is 2.16 bits per heavy atom. The predicted molar refractivity (Wildman–Crippen MR) is 73.2 cm³/mol. The number of piperidine rings is 1. The lowest BCUT2D eigenvalue weighted by Crippen LogP contribution is -2.34. The fourth-order valence-corrected chi connectivity index (χ4v) is 2.53. The number of carbonyl (C=O) groups is 1. The van der Waals surface area contributed by atoms with Gasteiger partial charge in [0.05, 0.1) is 0 Å². The van der Waals surface area contributed by atoms with Crippen LogP contribution in [0.5, 0.6) is 0 Å². The van der Waals surface area contributed by atoms with Crippen molar-refractivity contribution in [1.29, 1.82) is 0 Å². The van der Waals surface area contributed by atoms with Crippen LogP contribution in [0, 0.1) is 5.92 Å². The second-order valence-electron chi connectivity index (χ2n) is 5.08. The Morgan fingerprint density at radius 1 is 1.42 bits per heavy atom. The minimum Gasteiger partial charge on any atom is -0.481 e. The SMILES string of the molecule is CCc1cc(N2CCC(CCC(=O)O)CC2)ncn1. The number of aryl methyl sites for hydroxylation is 1. The third-order valence-electron chi connectivity index (χ3n) is 3.78. The van der Waals surface area contributed by atoms with E-state index in [1.165, 1.54) is 0 Å². The zero-order valence-corrected chi connectivity index (χ0v) is 11.4. The molecule has 0 unspecified atom stereocenters. The molecular weight excluding hydrogens is 242 g/mol. The van der Waals surface area contributed by atoms with Gasteiger partial charge in [-0.1, -0.05) is 6.92 Å². The summed E-state index contributed by atoms with van der Waals surface area (Å²) >= 11 is 0. The molecule has 0 aliphatic carbocycles. The molecule has 1 aromatic heterocycles. The average molecular weight is 263 g/mol. The second-order valence-corrected chi connectivity index (χ2v) is 5.08. The van der Waals surface area contributed by atoms with E-state index in [2.05, 4.69) is 27.9 Å². The average Bonchev–Trinajstić information content (AvgIpc) is 2.45. The third kappa shape index (κ3) is 3.91. The Kier molecular flexibility index (Phi) is 4.71. The summed E-state index contributed by atoms with van der Waals surface area (Å²) in [5, 5.41) is 8.70. The number of rotatable bonds is 5. The first kappa shape index (κ1) is 13.8. The number of carboxylic acid groups (broad SMARTS) is 1. The van der Waals surface area contributed by atoms with Gasteiger partial charge in [0, 0.05) is 31.3 Å². The molecule has 1 saturated heterocycles. The summed E-state index contributed by atoms with van der Waals surface area (Å²) in [4.78, 5) is 21.4. The molecule has 0 aromatic carbocycles. The third-order valence-corrected chi connectivity index (χ3v) is 3.78. The minimum absolute atomic E-state index is 0.290. The Hall–Kier alpha value is -1.65. The number of nitrogens with zero attached hydrogens (tertiary/aromatic N) is 3. The molecule has 0 amide bonds. The van der Waals surface area contributed by atoms with Crippen LogP contribution in [0.3, 0.4) is 0 Å². The largest absolute Gasteiger partial charge is 0.481 e. The van der Waals surface area contributed by atoms with Crippen molar-refractivity contribution in [2.75, 3.05) is 18.0 Å². The van der Waals surface area contributed by atoms with Crippen molar-refractivity contribution in [3.05, 3.63) is 18.1 Å². The lowest BCUT2D eigenvalue weighted by molar-refractivity contribution is -0.137. The van der Waals surface area contributed by atoms with Crippen molar-refractivity contribution in [2.24, 2.45) is 5.92 Å². The topological polar surface area (TPSA) is 66.3 Å². The molecule has 0 saturated carbocycles. The van der Waals surface area contributed by atoms with Crippen molar-refractivity contribution < 1.29 is 9.90 Å². The molecule has 0 bridgehead atoms. The van der Waals surface area contributed by atoms with Crippen molar-refractivity contribution >= 4 is 11.8 Å². The molecule has 0 radical (unpaired) electrons. The van der Waals surface area contributed by atoms with Crippen LogP contribution in [0.15, 0.2) is 12.4 Å². The molecule has 2 rings (SSSR count). The van der Waals surface area contributed by atoms with Gasteiger partial charge in [-0.15, -0.1) is 0 Å². The Labute approximate surface area is 113 Å². The Balaban J connectivity index is 1.87. The van der Waals surface area contributed by atoms with Crippen LogP contribution in [0.2, 0.25) is 0 Å². The van der Waals surface area contributed by atoms with E-state index >= 15 is 0 Å². The van der Waals surface area contributed by atoms with Crippen LogP contribution >= 0.6 is 0 Å². The van der Waals surface area contributed by atoms with Gasteiger partial charge in [0.2, 0.25) is 0 Å². The van der Waals surface area contributed by atoms with Gasteiger partial charge < -0.3 is 10.0 Å². The highest BCUT2D eigenvalue weighted by Gasteiger charge is 2.20. The molecule has 5 nitrogen and oxygen atoms in total. The van der Waals surface area contributed by atoms with E-state index in [4.69, 9.17) is 5.11 Å². The van der Waals surface area contributed by atoms with Crippen molar-refractivity contribution in [2.45, 2.75) is 39.0 Å². The zero-order valence-electron chi connectivity index (χ0n) is 11.4. The highest BCUT2D eigenvalue weighted by atomic mass is 16.4. The maximum Gasteiger partial charge on any atom is 0.303 e. The van der Waals surface area contributed by atoms with Gasteiger partial charge in [-0.05, 0) is 31.6 Å². The minimum atomic E-state index is -0.689. The van der Waals surface area contributed by atoms with Crippen LogP contribution in [0.25, 0.3) is 0 Å². The van der Waals surface area contributed by atoms with E-state index in [9.17, 15) is 4.79 Å². The maximum absolute atomic E-state index is 10.6. The number of aromatic nitrogens is 2. The van der Waals surface area contributed by atoms with E-state index in [1.54, 1.807) is 6.33 Å². The molecule has 5 heteroatoms. The van der Waals surface area contributed by atoms with Gasteiger partial charge in [-0.25, -0.2) is 9.97 Å². The highest BCUT2D eigenvalue weighted by molar-refractivity contribution is 5.66. The summed E-state index contributed by atoms with van der Waals surface area (Å²) in [6.07, 6.45) is 5.75. The smallest absolute Gasteiger partial charge is 0.303 e. The number of hydrogen-bond donors (Lipinski definition) is 1. The molecule has 1 aliphatic rings. The van der Waals surface area contributed by atoms with Crippen LogP contribution in [0.4, 0.5) is 5.82 Å². The Morgan fingerprint density at radius 3 is 2.79 bits per heavy atom. The van der Waals surface area contributed by atoms with Gasteiger partial charge in [0.1, 0.15) is 12.1 Å². The molecule has 2 heterocycles. The number of anilines is 1. The van der Waals surface area contributed by atoms with E-state index in [-0.39, 0.29) is 6.42 Å². The summed E-state index contributed by atoms with van der Waals surface area (Å²) < 4.78 is 0. The molecule has 19 heavy (non-hydrogen) atoms. The van der Waals surface area contributed by atoms with Crippen LogP contribution in [-0.2, 0) is 11.2 Å². The standard InChI is InChI=1S/C14H21N3O2/c1-2-12-9-13(16-10-15-12)17-7-5-11(6-8-17)3-4-14(18)19/h9-11H,2-8H2,1H3,(H,18,19). The van der Waals surface area contributed by atoms with Gasteiger partial charge >= 0.3 is 5.97 Å². The maximum atomic E-state index is 10.6. The molecule has 1 N–H and O–H groups in total. The lowest BCUT2D eigenvalue weighted by Gasteiger charge is -2.32. The summed E-state index contributed by atoms with van der Waals surface area (Å²) in [5.41, 5.74) is 1.07. The highest BCUT2D eigenvalue weighted by Crippen LogP contribution is 2.25. The molecule has 1 fully saturated rings. The molecule has 0 atom stereocenters. The van der Waals surface area contributed by atoms with E-state index in [1.807, 2.05) is 0 Å². The quantitative estimate of drug-likeness (QED) is 0.881. The fraction of sp³-hybridized carbons (Fsp3) is 0.643. The first-order valence-electron chi connectivity index (χ1n) is 6.96. The van der Waals surface area contributed by atoms with Gasteiger partial charge in [-0.3, -0.25) is 4.79 Å². The van der Waals surface area contributed by atoms with Crippen molar-refractivity contribution in [3.63, 3.8) is 0 Å². The summed E-state index contributed by atoms with van der Waals surface area (Å²) in [7, 11) is 0. The number of aliphatic carboxylic acids is 1. The Bertz CT molecular complexity index is 428. The first-order valence-corrected chi connectivity index (χ1v) is 6.96. The van der Waals surface area contributed by atoms with E-state index in [0.29, 0.717) is 5.92 Å². The van der Waals surface area contributed by atoms with Gasteiger partial charge in [0.25, 0.3) is 0 Å². The molecular formula is C14H21N3O2. The first-order chi connectivity index (χ1) is 9.19. The molecule has 104 valence electrons. The van der Waals surface area contributed by atoms with Crippen LogP contribution < -0.4 is 4.90 Å². The van der Waals surface area contributed by atoms with Crippen molar-refractivity contribution in [1.82, 2.24) is 9.97 Å². The molecule has 1 aliphatic heterocycles. The predicted octanol–water partition coefficient (Wildman–Crippen LogP) is 2.12. The van der Waals surface area contributed by atoms with Gasteiger partial charge in [-0.2, -0.15) is 0 Å². The lowest BCUT2D eigenvalue weighted by atomic mass is 9.92. The normalized spacial score (nSPS) is 16.6. The van der Waals surface area contributed by atoms with Crippen LogP contribution in [-0.4, -0.2) is 34.1 Å². The van der Waals surface area contributed by atoms with Crippen LogP contribution in [0.1, 0.15) is 38.3 Å². The fourth-order valence-electron chi connectivity index (χ4n) is 2.53.